The summed E-state index contributed by atoms with van der Waals surface area (Å²) < 4.78 is 11.0. The number of anilines is 1. The second-order valence-corrected chi connectivity index (χ2v) is 5.69. The monoisotopic (exact) mass is 339 g/mol. The van der Waals surface area contributed by atoms with Crippen LogP contribution in [0.2, 0.25) is 0 Å². The number of rotatable bonds is 5. The summed E-state index contributed by atoms with van der Waals surface area (Å²) in [7, 11) is 1.55. The van der Waals surface area contributed by atoms with Crippen LogP contribution >= 0.6 is 0 Å². The predicted octanol–water partition coefficient (Wildman–Crippen LogP) is 4.02. The molecule has 0 fully saturated rings. The van der Waals surface area contributed by atoms with Crippen LogP contribution in [-0.4, -0.2) is 25.3 Å². The van der Waals surface area contributed by atoms with Gasteiger partial charge in [0.2, 0.25) is 11.2 Å². The van der Waals surface area contributed by atoms with Crippen molar-refractivity contribution in [3.63, 3.8) is 0 Å². The van der Waals surface area contributed by atoms with E-state index in [1.165, 1.54) is 0 Å². The highest BCUT2D eigenvalue weighted by Gasteiger charge is 2.16. The molecule has 0 saturated carbocycles. The highest BCUT2D eigenvalue weighted by atomic mass is 16.5. The fraction of sp³-hybridized carbons (Fsp3) is 0.250. The van der Waals surface area contributed by atoms with Crippen LogP contribution in [0.4, 0.5) is 5.69 Å². The summed E-state index contributed by atoms with van der Waals surface area (Å²) in [5.41, 5.74) is 1.66. The summed E-state index contributed by atoms with van der Waals surface area (Å²) in [5.74, 6) is 0.370. The number of fused-ring (bicyclic) bond motifs is 1. The van der Waals surface area contributed by atoms with E-state index < -0.39 is 5.43 Å². The van der Waals surface area contributed by atoms with Crippen molar-refractivity contribution in [2.45, 2.75) is 13.8 Å². The Morgan fingerprint density at radius 2 is 1.76 bits per heavy atom. The first-order chi connectivity index (χ1) is 12.1. The van der Waals surface area contributed by atoms with E-state index in [4.69, 9.17) is 9.15 Å². The second-order valence-electron chi connectivity index (χ2n) is 5.69. The lowest BCUT2D eigenvalue weighted by Crippen LogP contribution is -2.21. The van der Waals surface area contributed by atoms with Crippen LogP contribution in [0.5, 0.6) is 11.5 Å². The number of nitrogens with zero attached hydrogens (tertiary/aromatic N) is 1. The number of ether oxygens (including phenoxy) is 1. The molecule has 0 unspecified atom stereocenters. The predicted molar refractivity (Wildman–Crippen MR) is 99.7 cm³/mol. The van der Waals surface area contributed by atoms with E-state index in [0.717, 1.165) is 18.8 Å². The molecule has 3 rings (SSSR count). The molecule has 0 atom stereocenters. The fourth-order valence-electron chi connectivity index (χ4n) is 2.90. The second kappa shape index (κ2) is 6.89. The Bertz CT molecular complexity index is 940. The largest absolute Gasteiger partial charge is 0.502 e. The van der Waals surface area contributed by atoms with Crippen LogP contribution in [0.15, 0.2) is 51.7 Å². The molecule has 1 aromatic heterocycles. The van der Waals surface area contributed by atoms with Crippen LogP contribution in [-0.2, 0) is 0 Å². The highest BCUT2D eigenvalue weighted by Crippen LogP contribution is 2.32. The number of methoxy groups -OCH3 is 1. The Balaban J connectivity index is 2.11. The summed E-state index contributed by atoms with van der Waals surface area (Å²) in [4.78, 5) is 14.6. The van der Waals surface area contributed by atoms with Gasteiger partial charge in [0.05, 0.1) is 12.5 Å². The van der Waals surface area contributed by atoms with Crippen molar-refractivity contribution in [1.82, 2.24) is 0 Å². The zero-order valence-corrected chi connectivity index (χ0v) is 14.6. The molecule has 25 heavy (non-hydrogen) atoms. The van der Waals surface area contributed by atoms with Crippen molar-refractivity contribution < 1.29 is 14.3 Å². The number of hydrogen-bond donors (Lipinski definition) is 1. The maximum atomic E-state index is 12.4. The van der Waals surface area contributed by atoms with Gasteiger partial charge in [-0.2, -0.15) is 0 Å². The van der Waals surface area contributed by atoms with E-state index in [-0.39, 0.29) is 11.5 Å². The quantitative estimate of drug-likeness (QED) is 0.761. The molecule has 1 N–H and O–H groups in total. The molecule has 5 heteroatoms. The van der Waals surface area contributed by atoms with Crippen LogP contribution in [0.25, 0.3) is 22.3 Å². The van der Waals surface area contributed by atoms with Gasteiger partial charge in [0.15, 0.2) is 5.76 Å². The van der Waals surface area contributed by atoms with Gasteiger partial charge in [-0.05, 0) is 50.2 Å². The first kappa shape index (κ1) is 16.9. The van der Waals surface area contributed by atoms with Crippen LogP contribution < -0.4 is 15.1 Å². The SMILES string of the molecule is CCN(CC)c1ccc(-c2oc3cc(OC)ccc3c(=O)c2O)cc1. The van der Waals surface area contributed by atoms with E-state index in [1.54, 1.807) is 25.3 Å². The maximum absolute atomic E-state index is 12.4. The molecular formula is C20H21NO4. The Kier molecular flexibility index (Phi) is 4.65. The molecule has 2 aromatic carbocycles. The molecule has 0 aliphatic rings. The Morgan fingerprint density at radius 1 is 1.08 bits per heavy atom. The lowest BCUT2D eigenvalue weighted by Gasteiger charge is -2.21. The lowest BCUT2D eigenvalue weighted by molar-refractivity contribution is 0.413. The Hall–Kier alpha value is -2.95. The van der Waals surface area contributed by atoms with E-state index in [2.05, 4.69) is 18.7 Å². The summed E-state index contributed by atoms with van der Waals surface area (Å²) >= 11 is 0. The van der Waals surface area contributed by atoms with Crippen molar-refractivity contribution in [3.05, 3.63) is 52.7 Å². The van der Waals surface area contributed by atoms with E-state index in [9.17, 15) is 9.90 Å². The zero-order chi connectivity index (χ0) is 18.0. The molecule has 5 nitrogen and oxygen atoms in total. The molecule has 0 amide bonds. The minimum absolute atomic E-state index is 0.164. The van der Waals surface area contributed by atoms with Gasteiger partial charge in [-0.15, -0.1) is 0 Å². The van der Waals surface area contributed by atoms with E-state index in [1.807, 2.05) is 24.3 Å². The minimum atomic E-state index is -0.452. The standard InChI is InChI=1S/C20H21NO4/c1-4-21(5-2)14-8-6-13(7-9-14)20-19(23)18(22)16-11-10-15(24-3)12-17(16)25-20/h6-12,23H,4-5H2,1-3H3. The van der Waals surface area contributed by atoms with Crippen molar-refractivity contribution in [1.29, 1.82) is 0 Å². The van der Waals surface area contributed by atoms with Gasteiger partial charge >= 0.3 is 0 Å². The molecule has 0 aliphatic carbocycles. The average Bonchev–Trinajstić information content (AvgIpc) is 2.66. The minimum Gasteiger partial charge on any atom is -0.502 e. The van der Waals surface area contributed by atoms with Crippen LogP contribution in [0.1, 0.15) is 13.8 Å². The average molecular weight is 339 g/mol. The van der Waals surface area contributed by atoms with Gasteiger partial charge < -0.3 is 19.2 Å². The number of aromatic hydroxyl groups is 1. The van der Waals surface area contributed by atoms with Gasteiger partial charge in [-0.1, -0.05) is 0 Å². The van der Waals surface area contributed by atoms with Crippen LogP contribution in [0.3, 0.4) is 0 Å². The van der Waals surface area contributed by atoms with Gasteiger partial charge in [0.25, 0.3) is 0 Å². The molecule has 0 radical (unpaired) electrons. The summed E-state index contributed by atoms with van der Waals surface area (Å²) in [5, 5.41) is 10.6. The summed E-state index contributed by atoms with van der Waals surface area (Å²) in [6.07, 6.45) is 0. The topological polar surface area (TPSA) is 62.9 Å². The van der Waals surface area contributed by atoms with Crippen LogP contribution in [0, 0.1) is 0 Å². The molecule has 0 aliphatic heterocycles. The third kappa shape index (κ3) is 3.05. The first-order valence-electron chi connectivity index (χ1n) is 8.28. The van der Waals surface area contributed by atoms with Crippen molar-refractivity contribution in [3.8, 4) is 22.8 Å². The maximum Gasteiger partial charge on any atom is 0.235 e. The fourth-order valence-corrected chi connectivity index (χ4v) is 2.90. The van der Waals surface area contributed by atoms with Crippen molar-refractivity contribution in [2.75, 3.05) is 25.1 Å². The molecule has 0 saturated heterocycles. The Morgan fingerprint density at radius 3 is 2.36 bits per heavy atom. The molecule has 1 heterocycles. The van der Waals surface area contributed by atoms with Gasteiger partial charge in [0.1, 0.15) is 11.3 Å². The third-order valence-electron chi connectivity index (χ3n) is 4.33. The zero-order valence-electron chi connectivity index (χ0n) is 14.6. The molecule has 0 spiro atoms. The summed E-state index contributed by atoms with van der Waals surface area (Å²) in [6.45, 7) is 6.01. The van der Waals surface area contributed by atoms with E-state index in [0.29, 0.717) is 22.3 Å². The highest BCUT2D eigenvalue weighted by molar-refractivity contribution is 5.83. The molecular weight excluding hydrogens is 318 g/mol. The van der Waals surface area contributed by atoms with E-state index >= 15 is 0 Å². The van der Waals surface area contributed by atoms with Gasteiger partial charge in [-0.25, -0.2) is 0 Å². The molecule has 3 aromatic rings. The van der Waals surface area contributed by atoms with Crippen molar-refractivity contribution in [2.24, 2.45) is 0 Å². The smallest absolute Gasteiger partial charge is 0.235 e. The van der Waals surface area contributed by atoms with Gasteiger partial charge in [0, 0.05) is 30.4 Å². The number of benzene rings is 2. The normalized spacial score (nSPS) is 10.8. The first-order valence-corrected chi connectivity index (χ1v) is 8.28. The number of hydrogen-bond acceptors (Lipinski definition) is 5. The van der Waals surface area contributed by atoms with Crippen molar-refractivity contribution >= 4 is 16.7 Å². The Labute approximate surface area is 146 Å². The third-order valence-corrected chi connectivity index (χ3v) is 4.33. The lowest BCUT2D eigenvalue weighted by atomic mass is 10.1. The molecule has 0 bridgehead atoms. The van der Waals surface area contributed by atoms with Gasteiger partial charge in [-0.3, -0.25) is 4.79 Å². The summed E-state index contributed by atoms with van der Waals surface area (Å²) in [6, 6.07) is 12.5. The molecule has 130 valence electrons.